The van der Waals surface area contributed by atoms with Crippen molar-refractivity contribution in [1.82, 2.24) is 14.8 Å². The van der Waals surface area contributed by atoms with Gasteiger partial charge >= 0.3 is 0 Å². The van der Waals surface area contributed by atoms with Crippen LogP contribution in [0, 0.1) is 0 Å². The minimum atomic E-state index is -0.581. The number of carbonyl (C=O) groups excluding carboxylic acids is 1. The van der Waals surface area contributed by atoms with Crippen LogP contribution in [0.2, 0.25) is 5.02 Å². The van der Waals surface area contributed by atoms with Crippen molar-refractivity contribution in [3.05, 3.63) is 68.3 Å². The molecular weight excluding hydrogens is 542 g/mol. The van der Waals surface area contributed by atoms with Gasteiger partial charge in [-0.2, -0.15) is 4.98 Å². The van der Waals surface area contributed by atoms with E-state index in [1.807, 2.05) is 43.3 Å². The number of amides is 1. The maximum absolute atomic E-state index is 12.5. The van der Waals surface area contributed by atoms with Crippen LogP contribution in [-0.4, -0.2) is 33.5 Å². The van der Waals surface area contributed by atoms with Crippen LogP contribution in [0.15, 0.2) is 57.3 Å². The number of ether oxygens (including phenoxy) is 2. The van der Waals surface area contributed by atoms with Crippen LogP contribution in [0.5, 0.6) is 11.5 Å². The number of rotatable bonds is 8. The van der Waals surface area contributed by atoms with Gasteiger partial charge in [-0.05, 0) is 64.0 Å². The molecule has 4 rings (SSSR count). The Hall–Kier alpha value is -2.69. The number of hydrogen-bond acceptors (Lipinski definition) is 7. The molecule has 0 fully saturated rings. The fourth-order valence-electron chi connectivity index (χ4n) is 3.72. The SMILES string of the molecule is CCSc1nc2n(n1)C(c1cc(Br)c(OCc3ccc(Cl)cc3)c(OC)c1)C(C(N)=O)=C(C)N2. The van der Waals surface area contributed by atoms with Gasteiger partial charge in [-0.15, -0.1) is 5.10 Å². The monoisotopic (exact) mass is 563 g/mol. The zero-order valence-corrected chi connectivity index (χ0v) is 21.9. The second-order valence-electron chi connectivity index (χ2n) is 7.48. The molecule has 1 amide bonds. The van der Waals surface area contributed by atoms with E-state index in [2.05, 4.69) is 31.3 Å². The number of anilines is 1. The minimum absolute atomic E-state index is 0.329. The molecule has 11 heteroatoms. The van der Waals surface area contributed by atoms with Crippen molar-refractivity contribution in [2.45, 2.75) is 31.7 Å². The largest absolute Gasteiger partial charge is 0.493 e. The lowest BCUT2D eigenvalue weighted by Crippen LogP contribution is -2.31. The third kappa shape index (κ3) is 4.89. The van der Waals surface area contributed by atoms with Gasteiger partial charge in [-0.25, -0.2) is 4.68 Å². The first-order chi connectivity index (χ1) is 16.3. The average Bonchev–Trinajstić information content (AvgIpc) is 3.19. The molecule has 178 valence electrons. The molecule has 0 radical (unpaired) electrons. The van der Waals surface area contributed by atoms with Gasteiger partial charge in [-0.3, -0.25) is 4.79 Å². The number of hydrogen-bond donors (Lipinski definition) is 2. The van der Waals surface area contributed by atoms with Crippen molar-refractivity contribution < 1.29 is 14.3 Å². The lowest BCUT2D eigenvalue weighted by Gasteiger charge is -2.28. The van der Waals surface area contributed by atoms with Crippen LogP contribution in [0.1, 0.15) is 31.0 Å². The summed E-state index contributed by atoms with van der Waals surface area (Å²) in [6.45, 7) is 4.15. The first-order valence-electron chi connectivity index (χ1n) is 10.4. The Labute approximate surface area is 215 Å². The standard InChI is InChI=1S/C23H23BrClN5O3S/c1-4-34-23-28-22-27-12(2)18(21(26)31)19(30(22)29-23)14-9-16(24)20(17(10-14)32-3)33-11-13-5-7-15(25)8-6-13/h5-10,19H,4,11H2,1-3H3,(H2,26,31)(H,27,28,29). The van der Waals surface area contributed by atoms with Crippen LogP contribution in [0.4, 0.5) is 5.95 Å². The topological polar surface area (TPSA) is 104 Å². The molecule has 2 aromatic carbocycles. The molecule has 1 atom stereocenters. The van der Waals surface area contributed by atoms with E-state index in [-0.39, 0.29) is 0 Å². The fourth-order valence-corrected chi connectivity index (χ4v) is 4.98. The van der Waals surface area contributed by atoms with Crippen molar-refractivity contribution in [2.75, 3.05) is 18.2 Å². The van der Waals surface area contributed by atoms with Crippen molar-refractivity contribution >= 4 is 51.1 Å². The average molecular weight is 565 g/mol. The Balaban J connectivity index is 1.74. The second-order valence-corrected chi connectivity index (χ2v) is 10.00. The van der Waals surface area contributed by atoms with Gasteiger partial charge in [0.15, 0.2) is 11.5 Å². The Morgan fingerprint density at radius 3 is 2.71 bits per heavy atom. The molecule has 0 aliphatic carbocycles. The van der Waals surface area contributed by atoms with E-state index in [0.29, 0.717) is 50.0 Å². The number of nitrogens with two attached hydrogens (primary N) is 1. The van der Waals surface area contributed by atoms with E-state index >= 15 is 0 Å². The summed E-state index contributed by atoms with van der Waals surface area (Å²) in [6.07, 6.45) is 0. The lowest BCUT2D eigenvalue weighted by molar-refractivity contribution is -0.115. The van der Waals surface area contributed by atoms with Crippen molar-refractivity contribution in [1.29, 1.82) is 0 Å². The smallest absolute Gasteiger partial charge is 0.248 e. The van der Waals surface area contributed by atoms with E-state index in [1.165, 1.54) is 11.8 Å². The molecule has 0 spiro atoms. The molecule has 34 heavy (non-hydrogen) atoms. The number of benzene rings is 2. The molecule has 1 aliphatic heterocycles. The van der Waals surface area contributed by atoms with Crippen molar-refractivity contribution in [2.24, 2.45) is 5.73 Å². The van der Waals surface area contributed by atoms with E-state index in [0.717, 1.165) is 16.9 Å². The Bertz CT molecular complexity index is 1260. The summed E-state index contributed by atoms with van der Waals surface area (Å²) in [7, 11) is 1.57. The molecule has 0 bridgehead atoms. The molecule has 2 heterocycles. The number of nitrogens with one attached hydrogen (secondary N) is 1. The van der Waals surface area contributed by atoms with Crippen LogP contribution < -0.4 is 20.5 Å². The summed E-state index contributed by atoms with van der Waals surface area (Å²) in [5.74, 6) is 1.86. The van der Waals surface area contributed by atoms with Gasteiger partial charge in [0.1, 0.15) is 12.6 Å². The first kappa shape index (κ1) is 24.4. The van der Waals surface area contributed by atoms with Crippen molar-refractivity contribution in [3.63, 3.8) is 0 Å². The predicted octanol–water partition coefficient (Wildman–Crippen LogP) is 5.17. The number of fused-ring (bicyclic) bond motifs is 1. The molecule has 0 saturated heterocycles. The van der Waals surface area contributed by atoms with Gasteiger partial charge in [-0.1, -0.05) is 42.4 Å². The lowest BCUT2D eigenvalue weighted by atomic mass is 9.95. The molecule has 1 aromatic heterocycles. The number of aromatic nitrogens is 3. The van der Waals surface area contributed by atoms with Gasteiger partial charge < -0.3 is 20.5 Å². The third-order valence-electron chi connectivity index (χ3n) is 5.24. The summed E-state index contributed by atoms with van der Waals surface area (Å²) in [5.41, 5.74) is 8.52. The quantitative estimate of drug-likeness (QED) is 0.364. The number of primary amides is 1. The molecule has 1 unspecified atom stereocenters. The van der Waals surface area contributed by atoms with Crippen molar-refractivity contribution in [3.8, 4) is 11.5 Å². The molecular formula is C23H23BrClN5O3S. The summed E-state index contributed by atoms with van der Waals surface area (Å²) < 4.78 is 14.1. The van der Waals surface area contributed by atoms with E-state index in [9.17, 15) is 4.79 Å². The van der Waals surface area contributed by atoms with Gasteiger partial charge in [0.25, 0.3) is 0 Å². The van der Waals surface area contributed by atoms with Crippen LogP contribution in [0.3, 0.4) is 0 Å². The highest BCUT2D eigenvalue weighted by Gasteiger charge is 2.34. The predicted molar refractivity (Wildman–Crippen MR) is 137 cm³/mol. The molecule has 3 N–H and O–H groups in total. The van der Waals surface area contributed by atoms with Gasteiger partial charge in [0, 0.05) is 10.7 Å². The number of carbonyl (C=O) groups is 1. The first-order valence-corrected chi connectivity index (χ1v) is 12.6. The summed E-state index contributed by atoms with van der Waals surface area (Å²) >= 11 is 11.1. The number of thioether (sulfide) groups is 1. The summed E-state index contributed by atoms with van der Waals surface area (Å²) in [5, 5.41) is 9.04. The highest BCUT2D eigenvalue weighted by atomic mass is 79.9. The normalized spacial score (nSPS) is 15.0. The fraction of sp³-hybridized carbons (Fsp3) is 0.261. The zero-order valence-electron chi connectivity index (χ0n) is 18.8. The Morgan fingerprint density at radius 2 is 2.06 bits per heavy atom. The summed E-state index contributed by atoms with van der Waals surface area (Å²) in [6, 6.07) is 10.5. The number of halogens is 2. The minimum Gasteiger partial charge on any atom is -0.493 e. The number of methoxy groups -OCH3 is 1. The van der Waals surface area contributed by atoms with Crippen LogP contribution in [-0.2, 0) is 11.4 Å². The van der Waals surface area contributed by atoms with Crippen LogP contribution in [0.25, 0.3) is 0 Å². The second kappa shape index (κ2) is 10.3. The third-order valence-corrected chi connectivity index (χ3v) is 6.80. The highest BCUT2D eigenvalue weighted by Crippen LogP contribution is 2.43. The van der Waals surface area contributed by atoms with Gasteiger partial charge in [0.2, 0.25) is 17.0 Å². The highest BCUT2D eigenvalue weighted by molar-refractivity contribution is 9.10. The molecule has 8 nitrogen and oxygen atoms in total. The molecule has 1 aliphatic rings. The molecule has 3 aromatic rings. The number of nitrogens with zero attached hydrogens (tertiary/aromatic N) is 3. The Kier molecular flexibility index (Phi) is 7.39. The Morgan fingerprint density at radius 1 is 1.32 bits per heavy atom. The maximum Gasteiger partial charge on any atom is 0.248 e. The number of allylic oxidation sites excluding steroid dienone is 1. The van der Waals surface area contributed by atoms with Gasteiger partial charge in [0.05, 0.1) is 17.2 Å². The summed E-state index contributed by atoms with van der Waals surface area (Å²) in [4.78, 5) is 17.0. The maximum atomic E-state index is 12.5. The molecule has 0 saturated carbocycles. The van der Waals surface area contributed by atoms with E-state index < -0.39 is 11.9 Å². The zero-order chi connectivity index (χ0) is 24.4. The van der Waals surface area contributed by atoms with Crippen LogP contribution >= 0.6 is 39.3 Å². The van der Waals surface area contributed by atoms with E-state index in [4.69, 9.17) is 26.8 Å². The van der Waals surface area contributed by atoms with E-state index in [1.54, 1.807) is 18.7 Å².